The van der Waals surface area contributed by atoms with Crippen LogP contribution in [0.25, 0.3) is 11.1 Å². The van der Waals surface area contributed by atoms with E-state index >= 15 is 0 Å². The molecule has 1 aromatic heterocycles. The summed E-state index contributed by atoms with van der Waals surface area (Å²) in [7, 11) is 0. The summed E-state index contributed by atoms with van der Waals surface area (Å²) in [5.41, 5.74) is 1.35. The number of aryl methyl sites for hydroxylation is 1. The first-order valence-corrected chi connectivity index (χ1v) is 9.12. The maximum absolute atomic E-state index is 12.7. The lowest BCUT2D eigenvalue weighted by Gasteiger charge is -2.29. The summed E-state index contributed by atoms with van der Waals surface area (Å²) in [6.45, 7) is 1.27. The van der Waals surface area contributed by atoms with Crippen LogP contribution in [0.5, 0.6) is 0 Å². The molecule has 1 unspecified atom stereocenters. The molecule has 2 heterocycles. The zero-order valence-corrected chi connectivity index (χ0v) is 13.9. The van der Waals surface area contributed by atoms with Crippen LogP contribution in [0.2, 0.25) is 0 Å². The fraction of sp³-hybridized carbons (Fsp3) is 0.579. The second-order valence-electron chi connectivity index (χ2n) is 7.08. The maximum atomic E-state index is 12.7. The zero-order chi connectivity index (χ0) is 16.5. The number of fused-ring (bicyclic) bond motifs is 1. The third kappa shape index (κ3) is 2.76. The summed E-state index contributed by atoms with van der Waals surface area (Å²) in [5, 5.41) is 0. The highest BCUT2D eigenvalue weighted by Gasteiger charge is 2.35. The lowest BCUT2D eigenvalue weighted by molar-refractivity contribution is -0.133. The van der Waals surface area contributed by atoms with Gasteiger partial charge in [0.2, 0.25) is 5.91 Å². The minimum Gasteiger partial charge on any atom is -0.408 e. The Morgan fingerprint density at radius 1 is 1.12 bits per heavy atom. The summed E-state index contributed by atoms with van der Waals surface area (Å²) >= 11 is 0. The first kappa shape index (κ1) is 15.5. The van der Waals surface area contributed by atoms with Crippen molar-refractivity contribution >= 4 is 17.0 Å². The predicted molar refractivity (Wildman–Crippen MR) is 91.8 cm³/mol. The number of aromatic nitrogens is 1. The Balaban J connectivity index is 1.46. The van der Waals surface area contributed by atoms with Gasteiger partial charge in [0.1, 0.15) is 0 Å². The molecule has 5 nitrogen and oxygen atoms in total. The number of benzene rings is 1. The van der Waals surface area contributed by atoms with Crippen molar-refractivity contribution in [3.05, 3.63) is 34.8 Å². The van der Waals surface area contributed by atoms with Gasteiger partial charge in [-0.05, 0) is 43.7 Å². The number of hydrogen-bond acceptors (Lipinski definition) is 3. The summed E-state index contributed by atoms with van der Waals surface area (Å²) in [5.74, 6) is 0.494. The zero-order valence-electron chi connectivity index (χ0n) is 13.9. The van der Waals surface area contributed by atoms with E-state index in [1.54, 1.807) is 10.6 Å². The number of nitrogens with zero attached hydrogens (tertiary/aromatic N) is 2. The van der Waals surface area contributed by atoms with Crippen molar-refractivity contribution in [2.45, 2.75) is 57.5 Å². The third-order valence-electron chi connectivity index (χ3n) is 5.69. The first-order valence-electron chi connectivity index (χ1n) is 9.12. The van der Waals surface area contributed by atoms with E-state index in [-0.39, 0.29) is 11.7 Å². The number of oxazole rings is 1. The number of carbonyl (C=O) groups is 1. The van der Waals surface area contributed by atoms with Crippen molar-refractivity contribution in [2.24, 2.45) is 5.92 Å². The fourth-order valence-corrected chi connectivity index (χ4v) is 4.51. The third-order valence-corrected chi connectivity index (χ3v) is 5.69. The lowest BCUT2D eigenvalue weighted by atomic mass is 9.96. The van der Waals surface area contributed by atoms with Gasteiger partial charge in [-0.3, -0.25) is 9.36 Å². The summed E-state index contributed by atoms with van der Waals surface area (Å²) < 4.78 is 6.82. The molecule has 1 amide bonds. The largest absolute Gasteiger partial charge is 0.419 e. The molecule has 0 spiro atoms. The molecule has 5 heteroatoms. The van der Waals surface area contributed by atoms with Gasteiger partial charge >= 0.3 is 5.76 Å². The number of carbonyl (C=O) groups excluding carboxylic acids is 1. The van der Waals surface area contributed by atoms with E-state index in [1.165, 1.54) is 25.7 Å². The van der Waals surface area contributed by atoms with E-state index in [9.17, 15) is 9.59 Å². The molecule has 1 saturated carbocycles. The Hall–Kier alpha value is -2.04. The Labute approximate surface area is 141 Å². The molecular weight excluding hydrogens is 304 g/mol. The van der Waals surface area contributed by atoms with Crippen LogP contribution in [0.1, 0.15) is 44.9 Å². The normalized spacial score (nSPS) is 21.8. The first-order chi connectivity index (χ1) is 11.7. The Morgan fingerprint density at radius 3 is 2.75 bits per heavy atom. The molecule has 24 heavy (non-hydrogen) atoms. The molecule has 2 fully saturated rings. The van der Waals surface area contributed by atoms with Crippen LogP contribution in [0.15, 0.2) is 33.5 Å². The topological polar surface area (TPSA) is 55.5 Å². The average Bonchev–Trinajstić information content (AvgIpc) is 3.31. The van der Waals surface area contributed by atoms with Gasteiger partial charge in [-0.15, -0.1) is 0 Å². The number of para-hydroxylation sites is 2. The van der Waals surface area contributed by atoms with Crippen molar-refractivity contribution in [1.29, 1.82) is 0 Å². The Kier molecular flexibility index (Phi) is 4.17. The van der Waals surface area contributed by atoms with E-state index < -0.39 is 0 Å². The van der Waals surface area contributed by atoms with Crippen molar-refractivity contribution < 1.29 is 9.21 Å². The van der Waals surface area contributed by atoms with Crippen molar-refractivity contribution in [2.75, 3.05) is 6.54 Å². The quantitative estimate of drug-likeness (QED) is 0.866. The molecule has 1 aromatic carbocycles. The molecule has 2 aliphatic rings. The fourth-order valence-electron chi connectivity index (χ4n) is 4.51. The van der Waals surface area contributed by atoms with Gasteiger partial charge in [0.15, 0.2) is 5.58 Å². The molecular formula is C19H24N2O3. The van der Waals surface area contributed by atoms with Gasteiger partial charge in [-0.25, -0.2) is 4.79 Å². The Bertz CT molecular complexity index is 785. The molecule has 128 valence electrons. The van der Waals surface area contributed by atoms with E-state index in [1.807, 2.05) is 18.2 Å². The van der Waals surface area contributed by atoms with Crippen LogP contribution in [0.4, 0.5) is 0 Å². The molecule has 2 aromatic rings. The van der Waals surface area contributed by atoms with Crippen molar-refractivity contribution in [1.82, 2.24) is 9.47 Å². The summed E-state index contributed by atoms with van der Waals surface area (Å²) in [6, 6.07) is 7.80. The van der Waals surface area contributed by atoms with Crippen LogP contribution in [-0.4, -0.2) is 28.0 Å². The van der Waals surface area contributed by atoms with Crippen molar-refractivity contribution in [3.8, 4) is 0 Å². The molecule has 4 rings (SSSR count). The molecule has 0 N–H and O–H groups in total. The van der Waals surface area contributed by atoms with Crippen molar-refractivity contribution in [3.63, 3.8) is 0 Å². The van der Waals surface area contributed by atoms with Crippen LogP contribution in [0, 0.1) is 5.92 Å². The smallest absolute Gasteiger partial charge is 0.408 e. The van der Waals surface area contributed by atoms with Gasteiger partial charge in [0.25, 0.3) is 0 Å². The maximum Gasteiger partial charge on any atom is 0.419 e. The van der Waals surface area contributed by atoms with Crippen LogP contribution < -0.4 is 5.76 Å². The van der Waals surface area contributed by atoms with E-state index in [2.05, 4.69) is 4.90 Å². The van der Waals surface area contributed by atoms with Crippen LogP contribution >= 0.6 is 0 Å². The second-order valence-corrected chi connectivity index (χ2v) is 7.08. The minimum absolute atomic E-state index is 0.182. The van der Waals surface area contributed by atoms with Gasteiger partial charge in [-0.2, -0.15) is 0 Å². The highest BCUT2D eigenvalue weighted by atomic mass is 16.4. The second kappa shape index (κ2) is 6.46. The Morgan fingerprint density at radius 2 is 1.92 bits per heavy atom. The van der Waals surface area contributed by atoms with E-state index in [4.69, 9.17) is 4.42 Å². The number of hydrogen-bond donors (Lipinski definition) is 0. The van der Waals surface area contributed by atoms with Crippen LogP contribution in [-0.2, 0) is 11.3 Å². The monoisotopic (exact) mass is 328 g/mol. The molecule has 1 aliphatic heterocycles. The van der Waals surface area contributed by atoms with E-state index in [0.29, 0.717) is 30.5 Å². The van der Waals surface area contributed by atoms with Gasteiger partial charge in [0.05, 0.1) is 5.52 Å². The molecule has 1 atom stereocenters. The van der Waals surface area contributed by atoms with Crippen LogP contribution in [0.3, 0.4) is 0 Å². The highest BCUT2D eigenvalue weighted by Crippen LogP contribution is 2.35. The van der Waals surface area contributed by atoms with Gasteiger partial charge in [0, 0.05) is 25.6 Å². The summed E-state index contributed by atoms with van der Waals surface area (Å²) in [6.07, 6.45) is 7.76. The molecule has 1 saturated heterocycles. The van der Waals surface area contributed by atoms with Gasteiger partial charge in [-0.1, -0.05) is 25.0 Å². The SMILES string of the molecule is O=C(CCn1c(=O)oc2ccccc21)N1CCCC1C1CCCC1. The number of rotatable bonds is 4. The van der Waals surface area contributed by atoms with E-state index in [0.717, 1.165) is 24.9 Å². The molecule has 0 radical (unpaired) electrons. The number of likely N-dealkylation sites (tertiary alicyclic amines) is 1. The predicted octanol–water partition coefficient (Wildman–Crippen LogP) is 3.17. The molecule has 1 aliphatic carbocycles. The highest BCUT2D eigenvalue weighted by molar-refractivity contribution is 5.77. The standard InChI is InChI=1S/C19H24N2O3/c22-18(20-12-5-9-15(20)14-6-1-2-7-14)11-13-21-16-8-3-4-10-17(16)24-19(21)23/h3-4,8,10,14-15H,1-2,5-7,9,11-13H2. The lowest BCUT2D eigenvalue weighted by Crippen LogP contribution is -2.40. The van der Waals surface area contributed by atoms with Gasteiger partial charge < -0.3 is 9.32 Å². The minimum atomic E-state index is -0.377. The number of amides is 1. The average molecular weight is 328 g/mol. The summed E-state index contributed by atoms with van der Waals surface area (Å²) in [4.78, 5) is 26.8. The molecule has 0 bridgehead atoms.